The molecule has 1 aromatic heterocycles. The minimum absolute atomic E-state index is 0. The largest absolute Gasteiger partial charge is 0.358 e. The number of rotatable bonds is 3. The van der Waals surface area contributed by atoms with E-state index < -0.39 is 0 Å². The normalized spacial score (nSPS) is 19.2. The zero-order chi connectivity index (χ0) is 10.7. The fourth-order valence-corrected chi connectivity index (χ4v) is 2.01. The van der Waals surface area contributed by atoms with E-state index in [4.69, 9.17) is 11.6 Å². The molecule has 4 nitrogen and oxygen atoms in total. The molecule has 1 aliphatic rings. The van der Waals surface area contributed by atoms with Crippen molar-refractivity contribution in [2.75, 3.05) is 25.0 Å². The zero-order valence-electron chi connectivity index (χ0n) is 9.19. The second kappa shape index (κ2) is 6.23. The van der Waals surface area contributed by atoms with Gasteiger partial charge in [-0.15, -0.1) is 12.4 Å². The van der Waals surface area contributed by atoms with Crippen LogP contribution in [0.5, 0.6) is 0 Å². The Labute approximate surface area is 107 Å². The van der Waals surface area contributed by atoms with Crippen LogP contribution in [0.4, 0.5) is 5.82 Å². The van der Waals surface area contributed by atoms with Crippen LogP contribution in [-0.2, 0) is 0 Å². The first-order valence-electron chi connectivity index (χ1n) is 5.18. The Morgan fingerprint density at radius 2 is 2.38 bits per heavy atom. The molecule has 1 fully saturated rings. The summed E-state index contributed by atoms with van der Waals surface area (Å²) < 4.78 is 0. The summed E-state index contributed by atoms with van der Waals surface area (Å²) in [4.78, 5) is 10.2. The summed E-state index contributed by atoms with van der Waals surface area (Å²) in [5.41, 5.74) is 0. The molecule has 90 valence electrons. The maximum Gasteiger partial charge on any atom is 0.134 e. The molecular formula is C10H16Cl2N4. The lowest BCUT2D eigenvalue weighted by molar-refractivity contribution is 0.597. The Bertz CT molecular complexity index is 328. The van der Waals surface area contributed by atoms with Crippen molar-refractivity contribution in [2.24, 2.45) is 0 Å². The van der Waals surface area contributed by atoms with Gasteiger partial charge in [-0.3, -0.25) is 0 Å². The average Bonchev–Trinajstić information content (AvgIpc) is 2.70. The van der Waals surface area contributed by atoms with E-state index in [0.29, 0.717) is 11.2 Å². The topological polar surface area (TPSA) is 41.0 Å². The van der Waals surface area contributed by atoms with Crippen LogP contribution >= 0.6 is 24.0 Å². The monoisotopic (exact) mass is 262 g/mol. The highest BCUT2D eigenvalue weighted by Crippen LogP contribution is 2.14. The van der Waals surface area contributed by atoms with Gasteiger partial charge in [0.05, 0.1) is 0 Å². The molecule has 0 spiro atoms. The molecule has 1 unspecified atom stereocenters. The highest BCUT2D eigenvalue weighted by molar-refractivity contribution is 6.29. The summed E-state index contributed by atoms with van der Waals surface area (Å²) in [5, 5.41) is 3.95. The predicted octanol–water partition coefficient (Wildman–Crippen LogP) is 1.74. The van der Waals surface area contributed by atoms with E-state index in [2.05, 4.69) is 20.2 Å². The van der Waals surface area contributed by atoms with Crippen molar-refractivity contribution >= 4 is 29.8 Å². The number of hydrogen-bond acceptors (Lipinski definition) is 4. The van der Waals surface area contributed by atoms with Crippen LogP contribution in [0.2, 0.25) is 5.15 Å². The van der Waals surface area contributed by atoms with E-state index in [-0.39, 0.29) is 12.4 Å². The minimum atomic E-state index is 0. The molecule has 1 aromatic rings. The van der Waals surface area contributed by atoms with E-state index in [1.165, 1.54) is 19.2 Å². The molecular weight excluding hydrogens is 247 g/mol. The summed E-state index contributed by atoms with van der Waals surface area (Å²) in [6.45, 7) is 2.09. The van der Waals surface area contributed by atoms with E-state index in [1.54, 1.807) is 6.07 Å². The lowest BCUT2D eigenvalue weighted by atomic mass is 10.2. The molecule has 1 N–H and O–H groups in total. The third-order valence-electron chi connectivity index (χ3n) is 2.67. The highest BCUT2D eigenvalue weighted by Gasteiger charge is 2.16. The number of halogens is 2. The summed E-state index contributed by atoms with van der Waals surface area (Å²) in [6.07, 6.45) is 4.00. The molecule has 0 aliphatic carbocycles. The molecule has 2 rings (SSSR count). The summed E-state index contributed by atoms with van der Waals surface area (Å²) in [7, 11) is 2.03. The summed E-state index contributed by atoms with van der Waals surface area (Å²) in [6, 6.07) is 2.36. The fourth-order valence-electron chi connectivity index (χ4n) is 1.87. The third-order valence-corrected chi connectivity index (χ3v) is 2.87. The Morgan fingerprint density at radius 3 is 3.00 bits per heavy atom. The van der Waals surface area contributed by atoms with Gasteiger partial charge in [-0.1, -0.05) is 11.6 Å². The first-order chi connectivity index (χ1) is 7.25. The van der Waals surface area contributed by atoms with Crippen molar-refractivity contribution in [3.63, 3.8) is 0 Å². The molecule has 0 bridgehead atoms. The van der Waals surface area contributed by atoms with Gasteiger partial charge >= 0.3 is 0 Å². The number of hydrogen-bond donors (Lipinski definition) is 1. The second-order valence-electron chi connectivity index (χ2n) is 3.87. The standard InChI is InChI=1S/C10H15ClN4.ClH/c1-15(6-8-3-2-4-12-8)10-5-9(11)13-7-14-10;/h5,7-8,12H,2-4,6H2,1H3;1H. The average molecular weight is 263 g/mol. The van der Waals surface area contributed by atoms with Gasteiger partial charge in [0, 0.05) is 25.7 Å². The van der Waals surface area contributed by atoms with E-state index >= 15 is 0 Å². The van der Waals surface area contributed by atoms with E-state index in [9.17, 15) is 0 Å². The molecule has 0 amide bonds. The van der Waals surface area contributed by atoms with Gasteiger partial charge in [-0.25, -0.2) is 9.97 Å². The van der Waals surface area contributed by atoms with Crippen LogP contribution in [0, 0.1) is 0 Å². The smallest absolute Gasteiger partial charge is 0.134 e. The molecule has 6 heteroatoms. The van der Waals surface area contributed by atoms with Crippen molar-refractivity contribution in [1.82, 2.24) is 15.3 Å². The third kappa shape index (κ3) is 3.47. The van der Waals surface area contributed by atoms with Gasteiger partial charge < -0.3 is 10.2 Å². The summed E-state index contributed by atoms with van der Waals surface area (Å²) in [5.74, 6) is 0.878. The number of aromatic nitrogens is 2. The second-order valence-corrected chi connectivity index (χ2v) is 4.26. The van der Waals surface area contributed by atoms with Crippen molar-refractivity contribution in [1.29, 1.82) is 0 Å². The first-order valence-corrected chi connectivity index (χ1v) is 5.55. The van der Waals surface area contributed by atoms with E-state index in [0.717, 1.165) is 18.9 Å². The SMILES string of the molecule is CN(CC1CCCN1)c1cc(Cl)ncn1.Cl. The zero-order valence-corrected chi connectivity index (χ0v) is 10.8. The number of anilines is 1. The molecule has 1 atom stereocenters. The van der Waals surface area contributed by atoms with Crippen LogP contribution in [0.3, 0.4) is 0 Å². The molecule has 16 heavy (non-hydrogen) atoms. The number of nitrogens with one attached hydrogen (secondary N) is 1. The van der Waals surface area contributed by atoms with Crippen LogP contribution in [0.25, 0.3) is 0 Å². The number of likely N-dealkylation sites (N-methyl/N-ethyl adjacent to an activating group) is 1. The maximum absolute atomic E-state index is 5.81. The predicted molar refractivity (Wildman–Crippen MR) is 68.6 cm³/mol. The Morgan fingerprint density at radius 1 is 1.56 bits per heavy atom. The van der Waals surface area contributed by atoms with Crippen LogP contribution in [-0.4, -0.2) is 36.1 Å². The van der Waals surface area contributed by atoms with Crippen molar-refractivity contribution in [2.45, 2.75) is 18.9 Å². The van der Waals surface area contributed by atoms with Crippen molar-refractivity contribution in [3.05, 3.63) is 17.5 Å². The first kappa shape index (κ1) is 13.5. The highest BCUT2D eigenvalue weighted by atomic mass is 35.5. The molecule has 2 heterocycles. The van der Waals surface area contributed by atoms with Gasteiger partial charge in [0.25, 0.3) is 0 Å². The van der Waals surface area contributed by atoms with Gasteiger partial charge in [-0.05, 0) is 19.4 Å². The molecule has 0 radical (unpaired) electrons. The van der Waals surface area contributed by atoms with Crippen molar-refractivity contribution in [3.8, 4) is 0 Å². The van der Waals surface area contributed by atoms with Gasteiger partial charge in [-0.2, -0.15) is 0 Å². The Kier molecular flexibility index (Phi) is 5.25. The van der Waals surface area contributed by atoms with Crippen LogP contribution in [0.1, 0.15) is 12.8 Å². The fraction of sp³-hybridized carbons (Fsp3) is 0.600. The molecule has 1 saturated heterocycles. The Balaban J connectivity index is 0.00000128. The maximum atomic E-state index is 5.81. The number of nitrogens with zero attached hydrogens (tertiary/aromatic N) is 3. The van der Waals surface area contributed by atoms with Gasteiger partial charge in [0.1, 0.15) is 17.3 Å². The molecule has 0 saturated carbocycles. The summed E-state index contributed by atoms with van der Waals surface area (Å²) >= 11 is 5.81. The van der Waals surface area contributed by atoms with E-state index in [1.807, 2.05) is 7.05 Å². The quantitative estimate of drug-likeness (QED) is 0.843. The Hall–Kier alpha value is -0.580. The lowest BCUT2D eigenvalue weighted by Crippen LogP contribution is -2.35. The van der Waals surface area contributed by atoms with Gasteiger partial charge in [0.15, 0.2) is 0 Å². The molecule has 0 aromatic carbocycles. The lowest BCUT2D eigenvalue weighted by Gasteiger charge is -2.21. The van der Waals surface area contributed by atoms with Crippen LogP contribution < -0.4 is 10.2 Å². The minimum Gasteiger partial charge on any atom is -0.358 e. The molecule has 1 aliphatic heterocycles. The van der Waals surface area contributed by atoms with Crippen LogP contribution in [0.15, 0.2) is 12.4 Å². The van der Waals surface area contributed by atoms with Gasteiger partial charge in [0.2, 0.25) is 0 Å². The van der Waals surface area contributed by atoms with Crippen molar-refractivity contribution < 1.29 is 0 Å².